The SMILES string of the molecule is C=CO[P+](=O)F. The van der Waals surface area contributed by atoms with Crippen molar-refractivity contribution in [2.45, 2.75) is 0 Å². The molecular weight excluding hydrogens is 106 g/mol. The van der Waals surface area contributed by atoms with Crippen molar-refractivity contribution in [2.75, 3.05) is 0 Å². The lowest BCUT2D eigenvalue weighted by Gasteiger charge is -1.60. The molecule has 6 heavy (non-hydrogen) atoms. The zero-order valence-corrected chi connectivity index (χ0v) is 3.82. The van der Waals surface area contributed by atoms with Gasteiger partial charge in [0.2, 0.25) is 0 Å². The minimum Gasteiger partial charge on any atom is -0.234 e. The summed E-state index contributed by atoms with van der Waals surface area (Å²) in [6.45, 7) is 2.95. The summed E-state index contributed by atoms with van der Waals surface area (Å²) >= 11 is 0. The van der Waals surface area contributed by atoms with Crippen LogP contribution in [0.1, 0.15) is 0 Å². The fraction of sp³-hybridized carbons (Fsp3) is 0. The molecule has 0 N–H and O–H groups in total. The van der Waals surface area contributed by atoms with Crippen LogP contribution in [0.3, 0.4) is 0 Å². The van der Waals surface area contributed by atoms with Crippen molar-refractivity contribution in [2.24, 2.45) is 0 Å². The molecule has 0 spiro atoms. The molecule has 0 aromatic rings. The largest absolute Gasteiger partial charge is 0.799 e. The molecule has 0 saturated carbocycles. The highest BCUT2D eigenvalue weighted by Crippen LogP contribution is 2.21. The van der Waals surface area contributed by atoms with Gasteiger partial charge in [0, 0.05) is 4.57 Å². The standard InChI is InChI=1S/C2H3FO2P/c1-2-5-6(3)4/h2H,1H2/q+1. The first kappa shape index (κ1) is 5.57. The van der Waals surface area contributed by atoms with Gasteiger partial charge >= 0.3 is 8.34 Å². The quantitative estimate of drug-likeness (QED) is 0.399. The Morgan fingerprint density at radius 2 is 2.50 bits per heavy atom. The van der Waals surface area contributed by atoms with Crippen LogP contribution >= 0.6 is 8.34 Å². The van der Waals surface area contributed by atoms with E-state index in [4.69, 9.17) is 0 Å². The second-order valence-electron chi connectivity index (χ2n) is 0.485. The number of hydrogen-bond acceptors (Lipinski definition) is 2. The van der Waals surface area contributed by atoms with Crippen LogP contribution in [0.25, 0.3) is 0 Å². The maximum Gasteiger partial charge on any atom is 0.799 e. The molecule has 0 fully saturated rings. The lowest BCUT2D eigenvalue weighted by Crippen LogP contribution is -1.49. The summed E-state index contributed by atoms with van der Waals surface area (Å²) in [5, 5.41) is 0. The van der Waals surface area contributed by atoms with Crippen LogP contribution in [-0.4, -0.2) is 0 Å². The van der Waals surface area contributed by atoms with Crippen LogP contribution in [0, 0.1) is 0 Å². The van der Waals surface area contributed by atoms with Gasteiger partial charge in [-0.05, 0) is 0 Å². The summed E-state index contributed by atoms with van der Waals surface area (Å²) in [4.78, 5) is 0. The molecule has 0 radical (unpaired) electrons. The monoisotopic (exact) mass is 109 g/mol. The van der Waals surface area contributed by atoms with Gasteiger partial charge < -0.3 is 0 Å². The molecule has 0 bridgehead atoms. The molecule has 2 nitrogen and oxygen atoms in total. The van der Waals surface area contributed by atoms with E-state index >= 15 is 0 Å². The van der Waals surface area contributed by atoms with E-state index in [1.54, 1.807) is 0 Å². The normalized spacial score (nSPS) is 9.83. The molecular formula is C2H3FO2P+. The van der Waals surface area contributed by atoms with Gasteiger partial charge in [-0.1, -0.05) is 6.58 Å². The van der Waals surface area contributed by atoms with Crippen molar-refractivity contribution in [1.29, 1.82) is 0 Å². The molecule has 0 amide bonds. The van der Waals surface area contributed by atoms with E-state index in [0.29, 0.717) is 0 Å². The average molecular weight is 109 g/mol. The Hall–Kier alpha value is -0.430. The topological polar surface area (TPSA) is 26.3 Å². The maximum atomic E-state index is 10.9. The van der Waals surface area contributed by atoms with Crippen LogP contribution in [0.2, 0.25) is 0 Å². The lowest BCUT2D eigenvalue weighted by atomic mass is 11.2. The molecule has 0 heterocycles. The molecule has 0 aromatic carbocycles. The number of hydrogen-bond donors (Lipinski definition) is 0. The van der Waals surface area contributed by atoms with Gasteiger partial charge in [-0.2, -0.15) is 0 Å². The van der Waals surface area contributed by atoms with Crippen LogP contribution in [-0.2, 0) is 9.09 Å². The zero-order valence-electron chi connectivity index (χ0n) is 2.93. The molecule has 1 unspecified atom stereocenters. The molecule has 4 heteroatoms. The Morgan fingerprint density at radius 3 is 2.50 bits per heavy atom. The molecule has 34 valence electrons. The van der Waals surface area contributed by atoms with E-state index < -0.39 is 8.34 Å². The second-order valence-corrected chi connectivity index (χ2v) is 1.12. The third kappa shape index (κ3) is 3.57. The van der Waals surface area contributed by atoms with Crippen molar-refractivity contribution in [3.8, 4) is 0 Å². The predicted octanol–water partition coefficient (Wildman–Crippen LogP) is 1.77. The van der Waals surface area contributed by atoms with Crippen LogP contribution in [0.4, 0.5) is 4.20 Å². The minimum atomic E-state index is -2.97. The van der Waals surface area contributed by atoms with E-state index in [1.807, 2.05) is 0 Å². The highest BCUT2D eigenvalue weighted by atomic mass is 31.2. The molecule has 0 saturated heterocycles. The third-order valence-electron chi connectivity index (χ3n) is 0.157. The van der Waals surface area contributed by atoms with E-state index in [-0.39, 0.29) is 0 Å². The van der Waals surface area contributed by atoms with Crippen molar-refractivity contribution in [3.63, 3.8) is 0 Å². The van der Waals surface area contributed by atoms with Gasteiger partial charge in [-0.3, -0.25) is 0 Å². The van der Waals surface area contributed by atoms with Crippen molar-refractivity contribution in [3.05, 3.63) is 12.8 Å². The first-order valence-electron chi connectivity index (χ1n) is 1.18. The zero-order chi connectivity index (χ0) is 4.99. The summed E-state index contributed by atoms with van der Waals surface area (Å²) in [5.74, 6) is 0. The summed E-state index contributed by atoms with van der Waals surface area (Å²) in [6, 6.07) is 0. The molecule has 0 aliphatic carbocycles. The van der Waals surface area contributed by atoms with Gasteiger partial charge in [0.25, 0.3) is 0 Å². The predicted molar refractivity (Wildman–Crippen MR) is 20.0 cm³/mol. The Morgan fingerprint density at radius 1 is 2.00 bits per heavy atom. The molecule has 0 aliphatic rings. The highest BCUT2D eigenvalue weighted by Gasteiger charge is 2.11. The maximum absolute atomic E-state index is 10.9. The van der Waals surface area contributed by atoms with Crippen LogP contribution < -0.4 is 0 Å². The van der Waals surface area contributed by atoms with Crippen LogP contribution in [0.15, 0.2) is 12.8 Å². The summed E-state index contributed by atoms with van der Waals surface area (Å²) in [5.41, 5.74) is 0. The van der Waals surface area contributed by atoms with Gasteiger partial charge in [-0.25, -0.2) is 4.52 Å². The summed E-state index contributed by atoms with van der Waals surface area (Å²) in [6.07, 6.45) is 0.790. The Balaban J connectivity index is 3.05. The summed E-state index contributed by atoms with van der Waals surface area (Å²) in [7, 11) is -2.97. The number of rotatable bonds is 2. The van der Waals surface area contributed by atoms with Gasteiger partial charge in [0.15, 0.2) is 0 Å². The average Bonchev–Trinajstić information content (AvgIpc) is 1.35. The van der Waals surface area contributed by atoms with Gasteiger partial charge in [-0.15, -0.1) is 0 Å². The van der Waals surface area contributed by atoms with Crippen molar-refractivity contribution < 1.29 is 13.3 Å². The first-order valence-corrected chi connectivity index (χ1v) is 2.25. The molecule has 0 aliphatic heterocycles. The summed E-state index contributed by atoms with van der Waals surface area (Å²) < 4.78 is 23.8. The minimum absolute atomic E-state index is 0.790. The van der Waals surface area contributed by atoms with Crippen molar-refractivity contribution >= 4 is 8.34 Å². The first-order chi connectivity index (χ1) is 2.77. The van der Waals surface area contributed by atoms with Crippen LogP contribution in [0.5, 0.6) is 0 Å². The van der Waals surface area contributed by atoms with E-state index in [2.05, 4.69) is 11.1 Å². The van der Waals surface area contributed by atoms with Gasteiger partial charge in [0.05, 0.1) is 4.20 Å². The second kappa shape index (κ2) is 2.79. The highest BCUT2D eigenvalue weighted by molar-refractivity contribution is 7.32. The Labute approximate surface area is 35.6 Å². The lowest BCUT2D eigenvalue weighted by molar-refractivity contribution is 0.425. The van der Waals surface area contributed by atoms with E-state index in [9.17, 15) is 8.76 Å². The Kier molecular flexibility index (Phi) is 2.59. The van der Waals surface area contributed by atoms with Crippen molar-refractivity contribution in [1.82, 2.24) is 0 Å². The molecule has 1 atom stereocenters. The smallest absolute Gasteiger partial charge is 0.234 e. The molecule has 0 rings (SSSR count). The molecule has 0 aromatic heterocycles. The van der Waals surface area contributed by atoms with Gasteiger partial charge in [0.1, 0.15) is 6.26 Å². The number of halogens is 1. The fourth-order valence-corrected chi connectivity index (χ4v) is 0.176. The Bertz CT molecular complexity index is 71.9. The third-order valence-corrected chi connectivity index (χ3v) is 0.472. The van der Waals surface area contributed by atoms with E-state index in [1.165, 1.54) is 0 Å². The van der Waals surface area contributed by atoms with E-state index in [0.717, 1.165) is 6.26 Å². The fourth-order valence-electron chi connectivity index (χ4n) is 0.0586.